The molecule has 3 heteroatoms. The fourth-order valence-electron chi connectivity index (χ4n) is 3.04. The molecule has 1 aliphatic heterocycles. The topological polar surface area (TPSA) is 32.5 Å². The molecule has 0 radical (unpaired) electrons. The van der Waals surface area contributed by atoms with Crippen LogP contribution in [0.25, 0.3) is 0 Å². The number of rotatable bonds is 5. The van der Waals surface area contributed by atoms with Gasteiger partial charge >= 0.3 is 0 Å². The molecule has 0 aromatic heterocycles. The molecule has 1 unspecified atom stereocenters. The Bertz CT molecular complexity index is 223. The van der Waals surface area contributed by atoms with Crippen LogP contribution in [0.2, 0.25) is 0 Å². The van der Waals surface area contributed by atoms with Crippen LogP contribution in [0, 0.1) is 5.41 Å². The summed E-state index contributed by atoms with van der Waals surface area (Å²) in [5, 5.41) is 0. The number of hydrogen-bond donors (Lipinski definition) is 1. The van der Waals surface area contributed by atoms with Crippen molar-refractivity contribution in [1.29, 1.82) is 0 Å². The average Bonchev–Trinajstić information content (AvgIpc) is 2.99. The number of likely N-dealkylation sites (N-methyl/N-ethyl adjacent to an activating group) is 1. The molecule has 2 rings (SSSR count). The van der Waals surface area contributed by atoms with E-state index in [0.717, 1.165) is 12.6 Å². The number of likely N-dealkylation sites (tertiary alicyclic amines) is 1. The van der Waals surface area contributed by atoms with E-state index < -0.39 is 0 Å². The smallest absolute Gasteiger partial charge is 0.0217 e. The molecule has 2 N–H and O–H groups in total. The van der Waals surface area contributed by atoms with E-state index in [1.165, 1.54) is 51.7 Å². The summed E-state index contributed by atoms with van der Waals surface area (Å²) in [5.74, 6) is 0. The van der Waals surface area contributed by atoms with Crippen LogP contribution in [0.3, 0.4) is 0 Å². The Morgan fingerprint density at radius 2 is 2.12 bits per heavy atom. The van der Waals surface area contributed by atoms with Gasteiger partial charge in [0.05, 0.1) is 0 Å². The maximum atomic E-state index is 5.71. The van der Waals surface area contributed by atoms with E-state index in [1.54, 1.807) is 0 Å². The van der Waals surface area contributed by atoms with Gasteiger partial charge in [-0.25, -0.2) is 0 Å². The molecule has 2 aliphatic rings. The molecule has 1 aliphatic carbocycles. The Balaban J connectivity index is 1.81. The van der Waals surface area contributed by atoms with Gasteiger partial charge < -0.3 is 15.5 Å². The Kier molecular flexibility index (Phi) is 3.88. The molecule has 1 heterocycles. The average molecular weight is 225 g/mol. The van der Waals surface area contributed by atoms with Crippen molar-refractivity contribution in [2.45, 2.75) is 38.1 Å². The molecule has 2 fully saturated rings. The second-order valence-corrected chi connectivity index (χ2v) is 6.03. The zero-order valence-electron chi connectivity index (χ0n) is 10.9. The van der Waals surface area contributed by atoms with Crippen LogP contribution in [0.5, 0.6) is 0 Å². The molecule has 0 aromatic rings. The van der Waals surface area contributed by atoms with Crippen molar-refractivity contribution >= 4 is 0 Å². The van der Waals surface area contributed by atoms with Crippen LogP contribution >= 0.6 is 0 Å². The standard InChI is InChI=1S/C13H27N3/c1-15(2)12-4-3-9-16(10-12)11-13(5-6-13)7-8-14/h12H,3-11,14H2,1-2H3. The first kappa shape index (κ1) is 12.3. The van der Waals surface area contributed by atoms with Crippen molar-refractivity contribution < 1.29 is 0 Å². The number of piperidine rings is 1. The molecule has 1 atom stereocenters. The molecule has 94 valence electrons. The molecule has 0 amide bonds. The van der Waals surface area contributed by atoms with E-state index in [-0.39, 0.29) is 0 Å². The molecule has 0 aromatic carbocycles. The largest absolute Gasteiger partial charge is 0.330 e. The maximum Gasteiger partial charge on any atom is 0.0217 e. The molecule has 16 heavy (non-hydrogen) atoms. The molecule has 0 bridgehead atoms. The van der Waals surface area contributed by atoms with Crippen LogP contribution in [-0.2, 0) is 0 Å². The van der Waals surface area contributed by atoms with Crippen molar-refractivity contribution in [1.82, 2.24) is 9.80 Å². The summed E-state index contributed by atoms with van der Waals surface area (Å²) < 4.78 is 0. The highest BCUT2D eigenvalue weighted by Gasteiger charge is 2.43. The monoisotopic (exact) mass is 225 g/mol. The second kappa shape index (κ2) is 5.03. The third kappa shape index (κ3) is 2.96. The first-order valence-corrected chi connectivity index (χ1v) is 6.74. The van der Waals surface area contributed by atoms with Gasteiger partial charge in [0.2, 0.25) is 0 Å². The summed E-state index contributed by atoms with van der Waals surface area (Å²) in [7, 11) is 4.42. The lowest BCUT2D eigenvalue weighted by atomic mass is 9.98. The van der Waals surface area contributed by atoms with Gasteiger partial charge in [0.15, 0.2) is 0 Å². The van der Waals surface area contributed by atoms with Gasteiger partial charge in [-0.2, -0.15) is 0 Å². The first-order valence-electron chi connectivity index (χ1n) is 6.74. The SMILES string of the molecule is CN(C)C1CCCN(CC2(CCN)CC2)C1. The fourth-order valence-corrected chi connectivity index (χ4v) is 3.04. The molecule has 0 spiro atoms. The predicted molar refractivity (Wildman–Crippen MR) is 68.5 cm³/mol. The van der Waals surface area contributed by atoms with E-state index in [0.29, 0.717) is 5.41 Å². The molecular weight excluding hydrogens is 198 g/mol. The van der Waals surface area contributed by atoms with Gasteiger partial charge in [-0.3, -0.25) is 0 Å². The third-order valence-corrected chi connectivity index (χ3v) is 4.40. The quantitative estimate of drug-likeness (QED) is 0.761. The molecular formula is C13H27N3. The third-order valence-electron chi connectivity index (χ3n) is 4.40. The van der Waals surface area contributed by atoms with E-state index >= 15 is 0 Å². The zero-order valence-corrected chi connectivity index (χ0v) is 10.9. The zero-order chi connectivity index (χ0) is 11.6. The van der Waals surface area contributed by atoms with Crippen LogP contribution in [-0.4, -0.2) is 56.1 Å². The number of nitrogens with zero attached hydrogens (tertiary/aromatic N) is 2. The summed E-state index contributed by atoms with van der Waals surface area (Å²) >= 11 is 0. The lowest BCUT2D eigenvalue weighted by molar-refractivity contribution is 0.112. The van der Waals surface area contributed by atoms with E-state index in [4.69, 9.17) is 5.73 Å². The predicted octanol–water partition coefficient (Wildman–Crippen LogP) is 1.14. The van der Waals surface area contributed by atoms with E-state index in [9.17, 15) is 0 Å². The highest BCUT2D eigenvalue weighted by molar-refractivity contribution is 4.96. The molecule has 1 saturated heterocycles. The van der Waals surface area contributed by atoms with Crippen LogP contribution in [0.1, 0.15) is 32.1 Å². The maximum absolute atomic E-state index is 5.71. The van der Waals surface area contributed by atoms with Gasteiger partial charge in [-0.1, -0.05) is 0 Å². The Morgan fingerprint density at radius 1 is 1.38 bits per heavy atom. The minimum atomic E-state index is 0.614. The lowest BCUT2D eigenvalue weighted by Crippen LogP contribution is -2.47. The highest BCUT2D eigenvalue weighted by Crippen LogP contribution is 2.49. The summed E-state index contributed by atoms with van der Waals surface area (Å²) in [4.78, 5) is 5.06. The first-order chi connectivity index (χ1) is 7.65. The minimum Gasteiger partial charge on any atom is -0.330 e. The van der Waals surface area contributed by atoms with Crippen LogP contribution in [0.4, 0.5) is 0 Å². The van der Waals surface area contributed by atoms with Crippen LogP contribution in [0.15, 0.2) is 0 Å². The summed E-state index contributed by atoms with van der Waals surface area (Å²) in [6.07, 6.45) is 6.78. The molecule has 3 nitrogen and oxygen atoms in total. The van der Waals surface area contributed by atoms with Crippen molar-refractivity contribution in [2.24, 2.45) is 11.1 Å². The van der Waals surface area contributed by atoms with Gasteiger partial charge in [-0.15, -0.1) is 0 Å². The van der Waals surface area contributed by atoms with Crippen molar-refractivity contribution in [3.05, 3.63) is 0 Å². The summed E-state index contributed by atoms with van der Waals surface area (Å²) in [6, 6.07) is 0.766. The summed E-state index contributed by atoms with van der Waals surface area (Å²) in [6.45, 7) is 4.73. The molecule has 1 saturated carbocycles. The van der Waals surface area contributed by atoms with Crippen molar-refractivity contribution in [3.8, 4) is 0 Å². The Labute approximate surface area is 100.0 Å². The van der Waals surface area contributed by atoms with Gasteiger partial charge in [0, 0.05) is 19.1 Å². The van der Waals surface area contributed by atoms with Gasteiger partial charge in [-0.05, 0) is 64.7 Å². The second-order valence-electron chi connectivity index (χ2n) is 6.03. The van der Waals surface area contributed by atoms with E-state index in [1.807, 2.05) is 0 Å². The fraction of sp³-hybridized carbons (Fsp3) is 1.00. The number of nitrogens with two attached hydrogens (primary N) is 1. The lowest BCUT2D eigenvalue weighted by Gasteiger charge is -2.38. The van der Waals surface area contributed by atoms with Gasteiger partial charge in [0.1, 0.15) is 0 Å². The summed E-state index contributed by atoms with van der Waals surface area (Å²) in [5.41, 5.74) is 6.32. The number of hydrogen-bond acceptors (Lipinski definition) is 3. The van der Waals surface area contributed by atoms with Gasteiger partial charge in [0.25, 0.3) is 0 Å². The highest BCUT2D eigenvalue weighted by atomic mass is 15.2. The van der Waals surface area contributed by atoms with Crippen molar-refractivity contribution in [2.75, 3.05) is 40.3 Å². The normalized spacial score (nSPS) is 29.6. The Morgan fingerprint density at radius 3 is 2.69 bits per heavy atom. The van der Waals surface area contributed by atoms with Crippen molar-refractivity contribution in [3.63, 3.8) is 0 Å². The van der Waals surface area contributed by atoms with Crippen LogP contribution < -0.4 is 5.73 Å². The Hall–Kier alpha value is -0.120. The van der Waals surface area contributed by atoms with E-state index in [2.05, 4.69) is 23.9 Å². The minimum absolute atomic E-state index is 0.614.